The third-order valence-electron chi connectivity index (χ3n) is 6.93. The molecule has 0 aromatic rings. The molecule has 0 saturated carbocycles. The topological polar surface area (TPSA) is 129 Å². The highest BCUT2D eigenvalue weighted by Crippen LogP contribution is 2.52. The molecule has 8 heteroatoms. The third kappa shape index (κ3) is 16.1. The molecule has 206 valence electrons. The molecule has 0 heterocycles. The quantitative estimate of drug-likeness (QED) is 0.0899. The lowest BCUT2D eigenvalue weighted by atomic mass is 10.0. The highest BCUT2D eigenvalue weighted by atomic mass is 31.2. The minimum Gasteiger partial charge on any atom is -0.481 e. The Morgan fingerprint density at radius 2 is 0.771 bits per heavy atom. The van der Waals surface area contributed by atoms with E-state index in [2.05, 4.69) is 20.8 Å². The van der Waals surface area contributed by atoms with Crippen LogP contribution in [0.3, 0.4) is 0 Å². The van der Waals surface area contributed by atoms with Gasteiger partial charge in [0.05, 0.1) is 24.9 Å². The summed E-state index contributed by atoms with van der Waals surface area (Å²) in [6.45, 7) is 6.21. The molecule has 0 fully saturated rings. The fourth-order valence-electron chi connectivity index (χ4n) is 4.76. The first-order valence-electron chi connectivity index (χ1n) is 13.9. The van der Waals surface area contributed by atoms with E-state index in [0.29, 0.717) is 38.5 Å². The van der Waals surface area contributed by atoms with Crippen LogP contribution in [0.2, 0.25) is 0 Å². The van der Waals surface area contributed by atoms with Crippen LogP contribution in [-0.2, 0) is 18.9 Å². The van der Waals surface area contributed by atoms with Gasteiger partial charge in [-0.2, -0.15) is 0 Å². The Hall–Kier alpha value is -1.36. The summed E-state index contributed by atoms with van der Waals surface area (Å²) in [5, 5.41) is 29.5. The lowest BCUT2D eigenvalue weighted by Gasteiger charge is -2.27. The first-order valence-corrected chi connectivity index (χ1v) is 16.1. The highest BCUT2D eigenvalue weighted by Gasteiger charge is 2.38. The maximum Gasteiger partial charge on any atom is 0.306 e. The minimum atomic E-state index is -3.36. The number of hydrogen-bond donors (Lipinski definition) is 3. The van der Waals surface area contributed by atoms with Gasteiger partial charge in [0.2, 0.25) is 0 Å². The smallest absolute Gasteiger partial charge is 0.306 e. The molecule has 0 bridgehead atoms. The molecule has 0 amide bonds. The van der Waals surface area contributed by atoms with Crippen molar-refractivity contribution in [3.63, 3.8) is 0 Å². The van der Waals surface area contributed by atoms with Gasteiger partial charge in [0.15, 0.2) is 0 Å². The lowest BCUT2D eigenvalue weighted by molar-refractivity contribution is -0.141. The maximum absolute atomic E-state index is 14.2. The predicted molar refractivity (Wildman–Crippen MR) is 142 cm³/mol. The van der Waals surface area contributed by atoms with Crippen LogP contribution >= 0.6 is 7.14 Å². The number of hydrogen-bond acceptors (Lipinski definition) is 4. The van der Waals surface area contributed by atoms with Gasteiger partial charge in [0.1, 0.15) is 0 Å². The molecule has 0 aliphatic rings. The summed E-state index contributed by atoms with van der Waals surface area (Å²) in [7, 11) is -3.36. The first kappa shape index (κ1) is 33.6. The van der Waals surface area contributed by atoms with Crippen molar-refractivity contribution in [3.05, 3.63) is 0 Å². The number of unbranched alkanes of at least 4 members (excludes halogenated alkanes) is 9. The minimum absolute atomic E-state index is 0.105. The van der Waals surface area contributed by atoms with Gasteiger partial charge >= 0.3 is 17.9 Å². The highest BCUT2D eigenvalue weighted by molar-refractivity contribution is 7.64. The number of carbonyl (C=O) groups is 3. The zero-order valence-electron chi connectivity index (χ0n) is 22.4. The van der Waals surface area contributed by atoms with Crippen molar-refractivity contribution in [1.29, 1.82) is 0 Å². The molecule has 0 spiro atoms. The van der Waals surface area contributed by atoms with E-state index < -0.39 is 42.8 Å². The van der Waals surface area contributed by atoms with E-state index in [-0.39, 0.29) is 18.5 Å². The number of carboxylic acids is 3. The van der Waals surface area contributed by atoms with Crippen LogP contribution in [-0.4, -0.2) is 51.7 Å². The Bertz CT molecular complexity index is 564. The second kappa shape index (κ2) is 19.8. The Morgan fingerprint density at radius 1 is 0.514 bits per heavy atom. The molecule has 0 aromatic carbocycles. The average molecular weight is 519 g/mol. The maximum atomic E-state index is 14.2. The SMILES string of the molecule is CCCCCCC(CP(=O)(CC(CCCCCC)C(=O)O)CC(CCCCCC)C(=O)O)C(=O)O. The summed E-state index contributed by atoms with van der Waals surface area (Å²) in [6, 6.07) is 0. The molecule has 0 rings (SSSR count). The molecule has 7 nitrogen and oxygen atoms in total. The second-order valence-electron chi connectivity index (χ2n) is 10.3. The van der Waals surface area contributed by atoms with Crippen LogP contribution < -0.4 is 0 Å². The van der Waals surface area contributed by atoms with E-state index in [4.69, 9.17) is 0 Å². The van der Waals surface area contributed by atoms with Gasteiger partial charge in [-0.15, -0.1) is 0 Å². The molecular formula is C27H51O7P. The van der Waals surface area contributed by atoms with E-state index in [9.17, 15) is 34.3 Å². The van der Waals surface area contributed by atoms with Crippen molar-refractivity contribution in [2.24, 2.45) is 17.8 Å². The van der Waals surface area contributed by atoms with Crippen molar-refractivity contribution in [3.8, 4) is 0 Å². The van der Waals surface area contributed by atoms with E-state index in [1.807, 2.05) is 0 Å². The van der Waals surface area contributed by atoms with Crippen LogP contribution in [0.4, 0.5) is 0 Å². The van der Waals surface area contributed by atoms with Crippen LogP contribution in [0.1, 0.15) is 117 Å². The molecule has 0 aliphatic carbocycles. The monoisotopic (exact) mass is 518 g/mol. The van der Waals surface area contributed by atoms with Gasteiger partial charge in [-0.1, -0.05) is 97.8 Å². The van der Waals surface area contributed by atoms with Gasteiger partial charge in [0, 0.05) is 18.5 Å². The van der Waals surface area contributed by atoms with Gasteiger partial charge in [-0.05, 0) is 19.3 Å². The first-order chi connectivity index (χ1) is 16.6. The van der Waals surface area contributed by atoms with Crippen LogP contribution in [0.25, 0.3) is 0 Å². The zero-order chi connectivity index (χ0) is 26.7. The van der Waals surface area contributed by atoms with Gasteiger partial charge in [-0.3, -0.25) is 14.4 Å². The van der Waals surface area contributed by atoms with Crippen molar-refractivity contribution < 1.29 is 34.3 Å². The lowest BCUT2D eigenvalue weighted by Crippen LogP contribution is -2.28. The molecule has 3 N–H and O–H groups in total. The summed E-state index contributed by atoms with van der Waals surface area (Å²) in [4.78, 5) is 36.0. The summed E-state index contributed by atoms with van der Waals surface area (Å²) >= 11 is 0. The average Bonchev–Trinajstić information content (AvgIpc) is 2.79. The van der Waals surface area contributed by atoms with Crippen molar-refractivity contribution in [2.75, 3.05) is 18.5 Å². The fourth-order valence-corrected chi connectivity index (χ4v) is 8.63. The van der Waals surface area contributed by atoms with Crippen LogP contribution in [0.15, 0.2) is 0 Å². The molecule has 0 saturated heterocycles. The zero-order valence-corrected chi connectivity index (χ0v) is 23.3. The number of aliphatic carboxylic acids is 3. The van der Waals surface area contributed by atoms with E-state index in [0.717, 1.165) is 57.8 Å². The van der Waals surface area contributed by atoms with Gasteiger partial charge < -0.3 is 19.9 Å². The molecule has 0 radical (unpaired) electrons. The van der Waals surface area contributed by atoms with Gasteiger partial charge in [-0.25, -0.2) is 0 Å². The molecule has 0 aliphatic heterocycles. The fraction of sp³-hybridized carbons (Fsp3) is 0.889. The van der Waals surface area contributed by atoms with Crippen molar-refractivity contribution in [2.45, 2.75) is 117 Å². The number of carboxylic acid groups (broad SMARTS) is 3. The summed E-state index contributed by atoms with van der Waals surface area (Å²) in [5.74, 6) is -5.56. The van der Waals surface area contributed by atoms with Gasteiger partial charge in [0.25, 0.3) is 0 Å². The normalized spacial score (nSPS) is 15.7. The van der Waals surface area contributed by atoms with Crippen molar-refractivity contribution >= 4 is 25.0 Å². The predicted octanol–water partition coefficient (Wildman–Crippen LogP) is 7.36. The second-order valence-corrected chi connectivity index (χ2v) is 13.5. The van der Waals surface area contributed by atoms with E-state index in [1.165, 1.54) is 0 Å². The molecule has 0 aromatic heterocycles. The number of rotatable bonds is 24. The third-order valence-corrected chi connectivity index (χ3v) is 10.2. The molecular weight excluding hydrogens is 467 g/mol. The molecule has 3 unspecified atom stereocenters. The molecule has 35 heavy (non-hydrogen) atoms. The Balaban J connectivity index is 5.69. The molecule has 3 atom stereocenters. The summed E-state index contributed by atoms with van der Waals surface area (Å²) in [5.41, 5.74) is 0. The summed E-state index contributed by atoms with van der Waals surface area (Å²) < 4.78 is 14.2. The van der Waals surface area contributed by atoms with Crippen LogP contribution in [0.5, 0.6) is 0 Å². The van der Waals surface area contributed by atoms with E-state index >= 15 is 0 Å². The largest absolute Gasteiger partial charge is 0.481 e. The van der Waals surface area contributed by atoms with Crippen LogP contribution in [0, 0.1) is 17.8 Å². The Kier molecular flexibility index (Phi) is 19.0. The summed E-state index contributed by atoms with van der Waals surface area (Å²) in [6.07, 6.45) is 11.8. The Labute approximate surface area is 212 Å². The standard InChI is InChI=1S/C27H51O7P/c1-4-7-10-13-16-22(25(28)29)19-35(34,20-23(26(30)31)17-14-11-8-5-2)21-24(27(32)33)18-15-12-9-6-3/h22-24H,4-21H2,1-3H3,(H,28,29)(H,30,31)(H,32,33). The van der Waals surface area contributed by atoms with E-state index in [1.54, 1.807) is 0 Å². The van der Waals surface area contributed by atoms with Crippen molar-refractivity contribution in [1.82, 2.24) is 0 Å². The Morgan fingerprint density at radius 3 is 0.971 bits per heavy atom.